The van der Waals surface area contributed by atoms with Crippen LogP contribution in [0.2, 0.25) is 0 Å². The molecule has 0 aromatic carbocycles. The van der Waals surface area contributed by atoms with Crippen molar-refractivity contribution in [2.24, 2.45) is 0 Å². The summed E-state index contributed by atoms with van der Waals surface area (Å²) >= 11 is 0. The van der Waals surface area contributed by atoms with E-state index >= 15 is 0 Å². The van der Waals surface area contributed by atoms with Crippen LogP contribution in [0.3, 0.4) is 0 Å². The minimum atomic E-state index is -0.951. The van der Waals surface area contributed by atoms with E-state index in [0.717, 1.165) is 0 Å². The third-order valence-electron chi connectivity index (χ3n) is 2.06. The van der Waals surface area contributed by atoms with Crippen LogP contribution in [-0.4, -0.2) is 25.8 Å². The molecule has 0 fully saturated rings. The van der Waals surface area contributed by atoms with E-state index in [4.69, 9.17) is 5.11 Å². The minimum absolute atomic E-state index is 0.245. The summed E-state index contributed by atoms with van der Waals surface area (Å²) in [6.07, 6.45) is 3.05. The Balaban J connectivity index is 2.81. The van der Waals surface area contributed by atoms with E-state index in [9.17, 15) is 4.79 Å². The number of carbonyl (C=O) groups is 1. The molecule has 2 aromatic heterocycles. The molecule has 72 valence electrons. The van der Waals surface area contributed by atoms with E-state index in [1.807, 2.05) is 6.92 Å². The number of hydrogen-bond acceptors (Lipinski definition) is 3. The second kappa shape index (κ2) is 3.10. The van der Waals surface area contributed by atoms with Crippen molar-refractivity contribution in [1.29, 1.82) is 0 Å². The van der Waals surface area contributed by atoms with Crippen molar-refractivity contribution in [3.63, 3.8) is 0 Å². The maximum absolute atomic E-state index is 10.9. The van der Waals surface area contributed by atoms with Crippen molar-refractivity contribution in [1.82, 2.24) is 14.8 Å². The molecular weight excluding hydrogens is 182 g/mol. The standard InChI is InChI=1S/C9H9N3O2/c1-2-12-8-6(9(13)14)3-4-10-7(8)5-11-12/h3-5H,2H2,1H3,(H,13,14). The largest absolute Gasteiger partial charge is 0.478 e. The summed E-state index contributed by atoms with van der Waals surface area (Å²) in [7, 11) is 0. The molecule has 0 saturated carbocycles. The lowest BCUT2D eigenvalue weighted by Gasteiger charge is -2.01. The molecule has 0 spiro atoms. The van der Waals surface area contributed by atoms with Crippen molar-refractivity contribution in [3.05, 3.63) is 24.0 Å². The van der Waals surface area contributed by atoms with Crippen LogP contribution in [0.5, 0.6) is 0 Å². The third kappa shape index (κ3) is 1.14. The van der Waals surface area contributed by atoms with E-state index in [2.05, 4.69) is 10.1 Å². The molecule has 2 heterocycles. The number of rotatable bonds is 2. The van der Waals surface area contributed by atoms with Crippen LogP contribution in [0.4, 0.5) is 0 Å². The van der Waals surface area contributed by atoms with Crippen molar-refractivity contribution < 1.29 is 9.90 Å². The van der Waals surface area contributed by atoms with Gasteiger partial charge in [-0.25, -0.2) is 4.79 Å². The normalized spacial score (nSPS) is 10.6. The fourth-order valence-corrected chi connectivity index (χ4v) is 1.43. The number of carboxylic acid groups (broad SMARTS) is 1. The van der Waals surface area contributed by atoms with Gasteiger partial charge in [-0.1, -0.05) is 0 Å². The monoisotopic (exact) mass is 191 g/mol. The molecule has 0 amide bonds. The van der Waals surface area contributed by atoms with Gasteiger partial charge in [0.15, 0.2) is 0 Å². The summed E-state index contributed by atoms with van der Waals surface area (Å²) in [6.45, 7) is 2.54. The molecule has 0 radical (unpaired) electrons. The molecule has 0 atom stereocenters. The highest BCUT2D eigenvalue weighted by molar-refractivity contribution is 6.00. The van der Waals surface area contributed by atoms with Gasteiger partial charge >= 0.3 is 5.97 Å². The summed E-state index contributed by atoms with van der Waals surface area (Å²) in [4.78, 5) is 15.0. The van der Waals surface area contributed by atoms with Crippen molar-refractivity contribution in [2.75, 3.05) is 0 Å². The molecule has 2 rings (SSSR count). The molecule has 5 nitrogen and oxygen atoms in total. The van der Waals surface area contributed by atoms with Crippen LogP contribution in [0.25, 0.3) is 11.0 Å². The SMILES string of the molecule is CCn1ncc2nccc(C(=O)O)c21. The summed E-state index contributed by atoms with van der Waals surface area (Å²) in [5.41, 5.74) is 1.45. The number of hydrogen-bond donors (Lipinski definition) is 1. The predicted octanol–water partition coefficient (Wildman–Crippen LogP) is 1.15. The van der Waals surface area contributed by atoms with Gasteiger partial charge in [0.1, 0.15) is 11.0 Å². The Morgan fingerprint density at radius 2 is 2.43 bits per heavy atom. The van der Waals surface area contributed by atoms with E-state index in [0.29, 0.717) is 17.6 Å². The Hall–Kier alpha value is -1.91. The smallest absolute Gasteiger partial charge is 0.338 e. The quantitative estimate of drug-likeness (QED) is 0.773. The zero-order chi connectivity index (χ0) is 10.1. The average Bonchev–Trinajstić information content (AvgIpc) is 2.59. The van der Waals surface area contributed by atoms with Crippen LogP contribution in [0.1, 0.15) is 17.3 Å². The van der Waals surface area contributed by atoms with Crippen LogP contribution < -0.4 is 0 Å². The highest BCUT2D eigenvalue weighted by Crippen LogP contribution is 2.15. The van der Waals surface area contributed by atoms with Crippen LogP contribution >= 0.6 is 0 Å². The number of aromatic nitrogens is 3. The molecule has 0 bridgehead atoms. The van der Waals surface area contributed by atoms with Crippen LogP contribution in [-0.2, 0) is 6.54 Å². The molecular formula is C9H9N3O2. The maximum Gasteiger partial charge on any atom is 0.338 e. The van der Waals surface area contributed by atoms with Gasteiger partial charge in [-0.15, -0.1) is 0 Å². The lowest BCUT2D eigenvalue weighted by Crippen LogP contribution is -2.03. The van der Waals surface area contributed by atoms with Gasteiger partial charge in [0.2, 0.25) is 0 Å². The Kier molecular flexibility index (Phi) is 1.92. The number of aromatic carboxylic acids is 1. The van der Waals surface area contributed by atoms with E-state index in [1.54, 1.807) is 10.9 Å². The molecule has 0 unspecified atom stereocenters. The highest BCUT2D eigenvalue weighted by atomic mass is 16.4. The van der Waals surface area contributed by atoms with Gasteiger partial charge in [-0.05, 0) is 13.0 Å². The van der Waals surface area contributed by atoms with Gasteiger partial charge in [-0.3, -0.25) is 9.67 Å². The van der Waals surface area contributed by atoms with E-state index < -0.39 is 5.97 Å². The number of nitrogens with zero attached hydrogens (tertiary/aromatic N) is 3. The fourth-order valence-electron chi connectivity index (χ4n) is 1.43. The van der Waals surface area contributed by atoms with Crippen molar-refractivity contribution >= 4 is 17.0 Å². The number of carboxylic acids is 1. The Labute approximate surface area is 80.0 Å². The summed E-state index contributed by atoms with van der Waals surface area (Å²) in [5.74, 6) is -0.951. The maximum atomic E-state index is 10.9. The van der Waals surface area contributed by atoms with Crippen molar-refractivity contribution in [3.8, 4) is 0 Å². The molecule has 0 aliphatic rings. The zero-order valence-electron chi connectivity index (χ0n) is 7.64. The predicted molar refractivity (Wildman–Crippen MR) is 50.2 cm³/mol. The lowest BCUT2D eigenvalue weighted by molar-refractivity contribution is 0.0698. The van der Waals surface area contributed by atoms with Crippen LogP contribution in [0, 0.1) is 0 Å². The lowest BCUT2D eigenvalue weighted by atomic mass is 10.2. The van der Waals surface area contributed by atoms with Gasteiger partial charge in [0.25, 0.3) is 0 Å². The average molecular weight is 191 g/mol. The Morgan fingerprint density at radius 3 is 3.07 bits per heavy atom. The second-order valence-electron chi connectivity index (χ2n) is 2.86. The number of aryl methyl sites for hydroxylation is 1. The minimum Gasteiger partial charge on any atom is -0.478 e. The van der Waals surface area contributed by atoms with Gasteiger partial charge in [-0.2, -0.15) is 5.10 Å². The second-order valence-corrected chi connectivity index (χ2v) is 2.86. The Morgan fingerprint density at radius 1 is 1.64 bits per heavy atom. The fraction of sp³-hybridized carbons (Fsp3) is 0.222. The van der Waals surface area contributed by atoms with Crippen molar-refractivity contribution in [2.45, 2.75) is 13.5 Å². The molecule has 1 N–H and O–H groups in total. The molecule has 5 heteroatoms. The Bertz CT molecular complexity index is 490. The highest BCUT2D eigenvalue weighted by Gasteiger charge is 2.12. The first kappa shape index (κ1) is 8.68. The van der Waals surface area contributed by atoms with E-state index in [1.165, 1.54) is 12.3 Å². The zero-order valence-corrected chi connectivity index (χ0v) is 7.64. The molecule has 0 aliphatic carbocycles. The first-order valence-corrected chi connectivity index (χ1v) is 4.28. The van der Waals surface area contributed by atoms with E-state index in [-0.39, 0.29) is 5.56 Å². The molecule has 0 aliphatic heterocycles. The summed E-state index contributed by atoms with van der Waals surface area (Å²) < 4.78 is 1.63. The van der Waals surface area contributed by atoms with Gasteiger partial charge in [0.05, 0.1) is 11.8 Å². The topological polar surface area (TPSA) is 68.0 Å². The summed E-state index contributed by atoms with van der Waals surface area (Å²) in [5, 5.41) is 13.0. The van der Waals surface area contributed by atoms with Gasteiger partial charge in [0, 0.05) is 12.7 Å². The number of pyridine rings is 1. The molecule has 0 saturated heterocycles. The molecule has 14 heavy (non-hydrogen) atoms. The number of fused-ring (bicyclic) bond motifs is 1. The summed E-state index contributed by atoms with van der Waals surface area (Å²) in [6, 6.07) is 1.48. The molecule has 2 aromatic rings. The van der Waals surface area contributed by atoms with Crippen LogP contribution in [0.15, 0.2) is 18.5 Å². The first-order chi connectivity index (χ1) is 6.74. The first-order valence-electron chi connectivity index (χ1n) is 4.28. The van der Waals surface area contributed by atoms with Gasteiger partial charge < -0.3 is 5.11 Å². The third-order valence-corrected chi connectivity index (χ3v) is 2.06.